The van der Waals surface area contributed by atoms with Crippen molar-refractivity contribution in [3.63, 3.8) is 0 Å². The quantitative estimate of drug-likeness (QED) is 0.192. The molecule has 0 unspecified atom stereocenters. The third kappa shape index (κ3) is 5.59. The van der Waals surface area contributed by atoms with Gasteiger partial charge in [0.15, 0.2) is 11.6 Å². The van der Waals surface area contributed by atoms with Crippen molar-refractivity contribution in [1.29, 1.82) is 0 Å². The molecule has 0 spiro atoms. The fourth-order valence-electron chi connectivity index (χ4n) is 3.68. The van der Waals surface area contributed by atoms with Crippen LogP contribution in [0.2, 0.25) is 0 Å². The monoisotopic (exact) mass is 511 g/mol. The second kappa shape index (κ2) is 10.8. The van der Waals surface area contributed by atoms with Gasteiger partial charge in [-0.1, -0.05) is 67.2 Å². The molecule has 0 aliphatic carbocycles. The highest BCUT2D eigenvalue weighted by Crippen LogP contribution is 2.23. The minimum absolute atomic E-state index is 0.0138. The van der Waals surface area contributed by atoms with Gasteiger partial charge >= 0.3 is 0 Å². The highest BCUT2D eigenvalue weighted by Gasteiger charge is 2.10. The number of unbranched alkanes of at least 4 members (excludes halogenated alkanes) is 1. The number of nitrogens with zero attached hydrogens (tertiary/aromatic N) is 3. The van der Waals surface area contributed by atoms with Crippen molar-refractivity contribution >= 4 is 40.3 Å². The van der Waals surface area contributed by atoms with E-state index in [1.807, 2.05) is 48.5 Å². The van der Waals surface area contributed by atoms with Crippen molar-refractivity contribution in [1.82, 2.24) is 14.6 Å². The van der Waals surface area contributed by atoms with Crippen LogP contribution in [0, 0.1) is 0 Å². The SMILES string of the molecule is CCCCOc1ccc(/C=C/c2nc3s/c(=C\c4ccc(-c5ccc(C(C)=O)cc5)o4)c(=O)n3n2)cc1. The molecule has 0 aliphatic rings. The fourth-order valence-corrected chi connectivity index (χ4v) is 4.58. The van der Waals surface area contributed by atoms with Crippen molar-refractivity contribution < 1.29 is 13.9 Å². The number of thiazole rings is 1. The molecular formula is C29H25N3O4S. The van der Waals surface area contributed by atoms with Crippen LogP contribution in [-0.4, -0.2) is 27.0 Å². The molecule has 7 nitrogen and oxygen atoms in total. The zero-order chi connectivity index (χ0) is 25.8. The first-order chi connectivity index (χ1) is 18.0. The molecule has 0 bridgehead atoms. The number of ketones is 1. The number of carbonyl (C=O) groups excluding carboxylic acids is 1. The van der Waals surface area contributed by atoms with Gasteiger partial charge < -0.3 is 9.15 Å². The Balaban J connectivity index is 1.31. The lowest BCUT2D eigenvalue weighted by molar-refractivity contribution is 0.101. The van der Waals surface area contributed by atoms with Crippen LogP contribution in [0.25, 0.3) is 34.5 Å². The highest BCUT2D eigenvalue weighted by molar-refractivity contribution is 7.15. The van der Waals surface area contributed by atoms with Crippen LogP contribution in [-0.2, 0) is 0 Å². The Kier molecular flexibility index (Phi) is 7.09. The third-order valence-corrected chi connectivity index (χ3v) is 6.71. The summed E-state index contributed by atoms with van der Waals surface area (Å²) >= 11 is 1.26. The molecule has 0 saturated heterocycles. The first kappa shape index (κ1) is 24.4. The predicted octanol–water partition coefficient (Wildman–Crippen LogP) is 5.51. The predicted molar refractivity (Wildman–Crippen MR) is 146 cm³/mol. The van der Waals surface area contributed by atoms with E-state index in [0.717, 1.165) is 36.3 Å². The van der Waals surface area contributed by atoms with E-state index in [1.165, 1.54) is 22.8 Å². The van der Waals surface area contributed by atoms with Gasteiger partial charge in [0, 0.05) is 17.2 Å². The standard InChI is InChI=1S/C29H25N3O4S/c1-3-4-17-35-23-12-5-20(6-13-23)7-16-27-30-29-32(31-27)28(34)26(37-29)18-24-14-15-25(36-24)22-10-8-21(9-11-22)19(2)33/h5-16,18H,3-4,17H2,1-2H3/b16-7+,26-18-. The summed E-state index contributed by atoms with van der Waals surface area (Å²) in [5, 5.41) is 4.35. The van der Waals surface area contributed by atoms with Crippen LogP contribution in [0.3, 0.4) is 0 Å². The number of carbonyl (C=O) groups is 1. The molecule has 2 aromatic carbocycles. The van der Waals surface area contributed by atoms with E-state index in [1.54, 1.807) is 30.4 Å². The molecule has 0 N–H and O–H groups in total. The van der Waals surface area contributed by atoms with Crippen molar-refractivity contribution in [3.05, 3.63) is 98.3 Å². The van der Waals surface area contributed by atoms with E-state index in [4.69, 9.17) is 9.15 Å². The van der Waals surface area contributed by atoms with Gasteiger partial charge in [-0.2, -0.15) is 9.50 Å². The van der Waals surface area contributed by atoms with E-state index < -0.39 is 0 Å². The average Bonchev–Trinajstić information content (AvgIpc) is 3.61. The molecule has 3 heterocycles. The first-order valence-corrected chi connectivity index (χ1v) is 12.9. The maximum absolute atomic E-state index is 12.9. The number of Topliss-reactive ketones (excluding diaryl/α,β-unsaturated/α-hetero) is 1. The summed E-state index contributed by atoms with van der Waals surface area (Å²) in [7, 11) is 0. The summed E-state index contributed by atoms with van der Waals surface area (Å²) in [5.41, 5.74) is 2.24. The molecule has 5 aromatic rings. The Morgan fingerprint density at radius 1 is 1.05 bits per heavy atom. The zero-order valence-corrected chi connectivity index (χ0v) is 21.3. The van der Waals surface area contributed by atoms with E-state index >= 15 is 0 Å². The molecule has 0 amide bonds. The summed E-state index contributed by atoms with van der Waals surface area (Å²) in [4.78, 5) is 29.3. The van der Waals surface area contributed by atoms with Crippen LogP contribution in [0.5, 0.6) is 5.75 Å². The van der Waals surface area contributed by atoms with Crippen molar-refractivity contribution in [2.75, 3.05) is 6.61 Å². The average molecular weight is 512 g/mol. The summed E-state index contributed by atoms with van der Waals surface area (Å²) in [6.07, 6.45) is 7.51. The van der Waals surface area contributed by atoms with E-state index in [-0.39, 0.29) is 11.3 Å². The summed E-state index contributed by atoms with van der Waals surface area (Å²) in [6, 6.07) is 18.7. The van der Waals surface area contributed by atoms with Crippen LogP contribution in [0.1, 0.15) is 54.2 Å². The van der Waals surface area contributed by atoms with Gasteiger partial charge in [0.2, 0.25) is 4.96 Å². The van der Waals surface area contributed by atoms with Crippen molar-refractivity contribution in [2.24, 2.45) is 0 Å². The Morgan fingerprint density at radius 2 is 1.84 bits per heavy atom. The van der Waals surface area contributed by atoms with Gasteiger partial charge in [0.05, 0.1) is 6.61 Å². The zero-order valence-electron chi connectivity index (χ0n) is 20.5. The van der Waals surface area contributed by atoms with Crippen LogP contribution in [0.15, 0.2) is 69.9 Å². The van der Waals surface area contributed by atoms with Gasteiger partial charge in [-0.15, -0.1) is 5.10 Å². The Hall–Kier alpha value is -4.30. The van der Waals surface area contributed by atoms with Gasteiger partial charge in [-0.05, 0) is 49.2 Å². The summed E-state index contributed by atoms with van der Waals surface area (Å²) < 4.78 is 13.4. The third-order valence-electron chi connectivity index (χ3n) is 5.75. The van der Waals surface area contributed by atoms with E-state index in [2.05, 4.69) is 17.0 Å². The van der Waals surface area contributed by atoms with Crippen LogP contribution < -0.4 is 14.8 Å². The number of rotatable bonds is 9. The smallest absolute Gasteiger partial charge is 0.291 e. The van der Waals surface area contributed by atoms with Gasteiger partial charge in [-0.3, -0.25) is 9.59 Å². The molecule has 3 aromatic heterocycles. The second-order valence-electron chi connectivity index (χ2n) is 8.52. The summed E-state index contributed by atoms with van der Waals surface area (Å²) in [6.45, 7) is 4.38. The van der Waals surface area contributed by atoms with Gasteiger partial charge in [-0.25, -0.2) is 0 Å². The topological polar surface area (TPSA) is 86.7 Å². The molecular weight excluding hydrogens is 486 g/mol. The second-order valence-corrected chi connectivity index (χ2v) is 9.53. The number of ether oxygens (including phenoxy) is 1. The molecule has 0 radical (unpaired) electrons. The molecule has 0 saturated carbocycles. The fraction of sp³-hybridized carbons (Fsp3) is 0.172. The summed E-state index contributed by atoms with van der Waals surface area (Å²) in [5.74, 6) is 2.53. The number of furan rings is 1. The van der Waals surface area contributed by atoms with Gasteiger partial charge in [0.25, 0.3) is 5.56 Å². The Labute approximate surface area is 217 Å². The highest BCUT2D eigenvalue weighted by atomic mass is 32.1. The van der Waals surface area contributed by atoms with E-state index in [9.17, 15) is 9.59 Å². The maximum Gasteiger partial charge on any atom is 0.291 e. The molecule has 186 valence electrons. The molecule has 8 heteroatoms. The van der Waals surface area contributed by atoms with Crippen LogP contribution in [0.4, 0.5) is 0 Å². The molecule has 0 aliphatic heterocycles. The largest absolute Gasteiger partial charge is 0.494 e. The van der Waals surface area contributed by atoms with E-state index in [0.29, 0.717) is 32.4 Å². The molecule has 0 atom stereocenters. The molecule has 5 rings (SSSR count). The van der Waals surface area contributed by atoms with Gasteiger partial charge in [0.1, 0.15) is 21.8 Å². The number of fused-ring (bicyclic) bond motifs is 1. The Bertz CT molecular complexity index is 1680. The Morgan fingerprint density at radius 3 is 2.54 bits per heavy atom. The van der Waals surface area contributed by atoms with Crippen molar-refractivity contribution in [2.45, 2.75) is 26.7 Å². The lowest BCUT2D eigenvalue weighted by atomic mass is 10.1. The van der Waals surface area contributed by atoms with Crippen molar-refractivity contribution in [3.8, 4) is 17.1 Å². The molecule has 0 fully saturated rings. The number of benzene rings is 2. The lowest BCUT2D eigenvalue weighted by Gasteiger charge is -2.04. The number of hydrogen-bond acceptors (Lipinski definition) is 7. The lowest BCUT2D eigenvalue weighted by Crippen LogP contribution is -2.23. The normalized spacial score (nSPS) is 12.1. The number of hydrogen-bond donors (Lipinski definition) is 0. The first-order valence-electron chi connectivity index (χ1n) is 12.0. The number of aromatic nitrogens is 3. The maximum atomic E-state index is 12.9. The molecule has 37 heavy (non-hydrogen) atoms. The van der Waals surface area contributed by atoms with Crippen LogP contribution >= 0.6 is 11.3 Å². The minimum Gasteiger partial charge on any atom is -0.494 e. The minimum atomic E-state index is -0.246.